The Balaban J connectivity index is 2.24. The zero-order chi connectivity index (χ0) is 15.6. The molecule has 1 atom stereocenters. The first-order valence-electron chi connectivity index (χ1n) is 6.47. The fraction of sp³-hybridized carbons (Fsp3) is 0.462. The minimum atomic E-state index is -3.73. The highest BCUT2D eigenvalue weighted by atomic mass is 35.5. The molecule has 0 spiro atoms. The third-order valence-electron chi connectivity index (χ3n) is 3.46. The maximum absolute atomic E-state index is 12.6. The molecule has 2 rings (SSSR count). The van der Waals surface area contributed by atoms with Gasteiger partial charge in [-0.1, -0.05) is 23.2 Å². The number of sulfonamides is 1. The fourth-order valence-electron chi connectivity index (χ4n) is 2.48. The average Bonchev–Trinajstić information content (AvgIpc) is 2.37. The van der Waals surface area contributed by atoms with Crippen molar-refractivity contribution < 1.29 is 18.3 Å². The lowest BCUT2D eigenvalue weighted by molar-refractivity contribution is -0.138. The lowest BCUT2D eigenvalue weighted by Gasteiger charge is -2.31. The topological polar surface area (TPSA) is 74.7 Å². The summed E-state index contributed by atoms with van der Waals surface area (Å²) in [5.41, 5.74) is 0. The minimum Gasteiger partial charge on any atom is -0.481 e. The monoisotopic (exact) mass is 351 g/mol. The molecule has 1 aliphatic heterocycles. The van der Waals surface area contributed by atoms with E-state index in [1.54, 1.807) is 0 Å². The molecule has 0 saturated carbocycles. The number of carboxylic acids is 1. The predicted molar refractivity (Wildman–Crippen MR) is 80.2 cm³/mol. The summed E-state index contributed by atoms with van der Waals surface area (Å²) >= 11 is 11.7. The summed E-state index contributed by atoms with van der Waals surface area (Å²) in [6, 6.07) is 4.23. The van der Waals surface area contributed by atoms with Crippen molar-refractivity contribution in [3.8, 4) is 0 Å². The summed E-state index contributed by atoms with van der Waals surface area (Å²) in [6.07, 6.45) is 1.33. The Morgan fingerprint density at radius 2 is 2.10 bits per heavy atom. The minimum absolute atomic E-state index is 0.00421. The van der Waals surface area contributed by atoms with Crippen LogP contribution in [-0.4, -0.2) is 36.9 Å². The van der Waals surface area contributed by atoms with E-state index in [1.807, 2.05) is 0 Å². The molecule has 21 heavy (non-hydrogen) atoms. The van der Waals surface area contributed by atoms with E-state index in [-0.39, 0.29) is 28.8 Å². The Bertz CT molecular complexity index is 648. The van der Waals surface area contributed by atoms with Gasteiger partial charge in [0.25, 0.3) is 0 Å². The lowest BCUT2D eigenvalue weighted by atomic mass is 9.96. The van der Waals surface area contributed by atoms with Crippen molar-refractivity contribution in [2.24, 2.45) is 5.92 Å². The molecule has 1 fully saturated rings. The first kappa shape index (κ1) is 16.5. The van der Waals surface area contributed by atoms with E-state index in [1.165, 1.54) is 22.5 Å². The molecule has 116 valence electrons. The van der Waals surface area contributed by atoms with E-state index in [0.717, 1.165) is 0 Å². The van der Waals surface area contributed by atoms with Gasteiger partial charge in [-0.05, 0) is 37.0 Å². The van der Waals surface area contributed by atoms with Gasteiger partial charge in [0.15, 0.2) is 0 Å². The van der Waals surface area contributed by atoms with Crippen LogP contribution in [0.4, 0.5) is 0 Å². The highest BCUT2D eigenvalue weighted by Crippen LogP contribution is 2.30. The molecule has 1 heterocycles. The summed E-state index contributed by atoms with van der Waals surface area (Å²) in [7, 11) is -3.73. The largest absolute Gasteiger partial charge is 0.481 e. The number of aliphatic carboxylic acids is 1. The Morgan fingerprint density at radius 3 is 2.71 bits per heavy atom. The highest BCUT2D eigenvalue weighted by molar-refractivity contribution is 7.89. The van der Waals surface area contributed by atoms with Crippen LogP contribution < -0.4 is 0 Å². The Morgan fingerprint density at radius 1 is 1.38 bits per heavy atom. The summed E-state index contributed by atoms with van der Waals surface area (Å²) in [5.74, 6) is -1.08. The van der Waals surface area contributed by atoms with Gasteiger partial charge in [0.2, 0.25) is 10.0 Å². The van der Waals surface area contributed by atoms with E-state index >= 15 is 0 Å². The van der Waals surface area contributed by atoms with Crippen molar-refractivity contribution in [2.75, 3.05) is 13.1 Å². The molecule has 1 N–H and O–H groups in total. The second-order valence-corrected chi connectivity index (χ2v) is 7.79. The van der Waals surface area contributed by atoms with Gasteiger partial charge in [-0.2, -0.15) is 4.31 Å². The van der Waals surface area contributed by atoms with Crippen molar-refractivity contribution in [1.82, 2.24) is 4.31 Å². The second-order valence-electron chi connectivity index (χ2n) is 5.04. The molecule has 1 unspecified atom stereocenters. The molecule has 0 amide bonds. The summed E-state index contributed by atoms with van der Waals surface area (Å²) in [4.78, 5) is 10.8. The Hall–Kier alpha value is -0.820. The normalized spacial score (nSPS) is 20.4. The second kappa shape index (κ2) is 6.52. The molecule has 1 aromatic rings. The molecule has 1 aliphatic rings. The van der Waals surface area contributed by atoms with Crippen LogP contribution in [0.25, 0.3) is 0 Å². The van der Waals surface area contributed by atoms with Crippen molar-refractivity contribution >= 4 is 39.2 Å². The molecule has 0 aliphatic carbocycles. The standard InChI is InChI=1S/C13H15Cl2NO4S/c14-10-3-4-12(11(15)7-10)21(19,20)16-5-1-2-9(8-16)6-13(17)18/h3-4,7,9H,1-2,5-6,8H2,(H,17,18). The highest BCUT2D eigenvalue weighted by Gasteiger charge is 2.32. The number of carboxylic acid groups (broad SMARTS) is 1. The van der Waals surface area contributed by atoms with Gasteiger partial charge in [-0.25, -0.2) is 8.42 Å². The Labute approximate surface area is 133 Å². The van der Waals surface area contributed by atoms with Gasteiger partial charge < -0.3 is 5.11 Å². The number of benzene rings is 1. The van der Waals surface area contributed by atoms with Gasteiger partial charge >= 0.3 is 5.97 Å². The number of halogens is 2. The van der Waals surface area contributed by atoms with Crippen molar-refractivity contribution in [2.45, 2.75) is 24.2 Å². The van der Waals surface area contributed by atoms with Crippen molar-refractivity contribution in [1.29, 1.82) is 0 Å². The van der Waals surface area contributed by atoms with Gasteiger partial charge in [-0.3, -0.25) is 4.79 Å². The lowest BCUT2D eigenvalue weighted by Crippen LogP contribution is -2.40. The predicted octanol–water partition coefficient (Wildman–Crippen LogP) is 2.87. The van der Waals surface area contributed by atoms with Crippen LogP contribution in [0, 0.1) is 5.92 Å². The van der Waals surface area contributed by atoms with Gasteiger partial charge in [0, 0.05) is 24.5 Å². The number of rotatable bonds is 4. The summed E-state index contributed by atoms with van der Waals surface area (Å²) in [6.45, 7) is 0.574. The van der Waals surface area contributed by atoms with Crippen LogP contribution in [0.15, 0.2) is 23.1 Å². The summed E-state index contributed by atoms with van der Waals surface area (Å²) in [5, 5.41) is 9.28. The smallest absolute Gasteiger partial charge is 0.303 e. The average molecular weight is 352 g/mol. The summed E-state index contributed by atoms with van der Waals surface area (Å²) < 4.78 is 26.5. The fourth-order valence-corrected chi connectivity index (χ4v) is 4.78. The Kier molecular flexibility index (Phi) is 5.14. The number of hydrogen-bond donors (Lipinski definition) is 1. The maximum atomic E-state index is 12.6. The number of nitrogens with zero attached hydrogens (tertiary/aromatic N) is 1. The van der Waals surface area contributed by atoms with Crippen LogP contribution in [-0.2, 0) is 14.8 Å². The molecule has 0 aromatic heterocycles. The zero-order valence-corrected chi connectivity index (χ0v) is 13.5. The molecular formula is C13H15Cl2NO4S. The molecule has 8 heteroatoms. The van der Waals surface area contributed by atoms with Crippen LogP contribution in [0.1, 0.15) is 19.3 Å². The molecule has 0 bridgehead atoms. The molecule has 5 nitrogen and oxygen atoms in total. The van der Waals surface area contributed by atoms with Gasteiger partial charge in [0.05, 0.1) is 5.02 Å². The van der Waals surface area contributed by atoms with E-state index in [0.29, 0.717) is 24.4 Å². The van der Waals surface area contributed by atoms with E-state index in [4.69, 9.17) is 28.3 Å². The molecule has 1 saturated heterocycles. The SMILES string of the molecule is O=C(O)CC1CCCN(S(=O)(=O)c2ccc(Cl)cc2Cl)C1. The quantitative estimate of drug-likeness (QED) is 0.904. The number of hydrogen-bond acceptors (Lipinski definition) is 3. The molecule has 0 radical (unpaired) electrons. The number of carbonyl (C=O) groups is 1. The first-order valence-corrected chi connectivity index (χ1v) is 8.67. The maximum Gasteiger partial charge on any atom is 0.303 e. The first-order chi connectivity index (χ1) is 9.80. The van der Waals surface area contributed by atoms with Crippen molar-refractivity contribution in [3.05, 3.63) is 28.2 Å². The van der Waals surface area contributed by atoms with E-state index < -0.39 is 16.0 Å². The van der Waals surface area contributed by atoms with Crippen LogP contribution in [0.5, 0.6) is 0 Å². The van der Waals surface area contributed by atoms with Gasteiger partial charge in [-0.15, -0.1) is 0 Å². The van der Waals surface area contributed by atoms with E-state index in [9.17, 15) is 13.2 Å². The third-order valence-corrected chi connectivity index (χ3v) is 6.04. The van der Waals surface area contributed by atoms with E-state index in [2.05, 4.69) is 0 Å². The number of piperidine rings is 1. The molecule has 1 aromatic carbocycles. The third kappa shape index (κ3) is 3.88. The van der Waals surface area contributed by atoms with Crippen LogP contribution in [0.2, 0.25) is 10.0 Å². The van der Waals surface area contributed by atoms with Crippen molar-refractivity contribution in [3.63, 3.8) is 0 Å². The zero-order valence-electron chi connectivity index (χ0n) is 11.1. The van der Waals surface area contributed by atoms with Crippen LogP contribution >= 0.6 is 23.2 Å². The van der Waals surface area contributed by atoms with Gasteiger partial charge in [0.1, 0.15) is 4.90 Å². The van der Waals surface area contributed by atoms with Crippen LogP contribution in [0.3, 0.4) is 0 Å². The molecular weight excluding hydrogens is 337 g/mol.